The topological polar surface area (TPSA) is 66.5 Å². The molecule has 0 bridgehead atoms. The minimum absolute atomic E-state index is 0.0941. The molecule has 2 aromatic heterocycles. The third-order valence-corrected chi connectivity index (χ3v) is 5.02. The second kappa shape index (κ2) is 5.59. The molecule has 0 amide bonds. The van der Waals surface area contributed by atoms with E-state index in [1.807, 2.05) is 12.3 Å². The van der Waals surface area contributed by atoms with E-state index in [1.54, 1.807) is 10.7 Å². The summed E-state index contributed by atoms with van der Waals surface area (Å²) in [6.45, 7) is 3.08. The largest absolute Gasteiger partial charge is 0.396 e. The molecule has 1 saturated heterocycles. The van der Waals surface area contributed by atoms with Crippen LogP contribution in [0.1, 0.15) is 37.9 Å². The first-order chi connectivity index (χ1) is 10.8. The monoisotopic (exact) mass is 301 g/mol. The van der Waals surface area contributed by atoms with Crippen LogP contribution < -0.4 is 0 Å². The van der Waals surface area contributed by atoms with Crippen molar-refractivity contribution >= 4 is 5.78 Å². The van der Waals surface area contributed by atoms with Crippen LogP contribution in [0.3, 0.4) is 0 Å². The second-order valence-electron chi connectivity index (χ2n) is 7.01. The van der Waals surface area contributed by atoms with E-state index in [0.29, 0.717) is 12.4 Å². The summed E-state index contributed by atoms with van der Waals surface area (Å²) in [4.78, 5) is 11.1. The molecule has 2 aliphatic rings. The average molecular weight is 301 g/mol. The van der Waals surface area contributed by atoms with E-state index in [2.05, 4.69) is 20.0 Å². The maximum Gasteiger partial charge on any atom is 0.252 e. The summed E-state index contributed by atoms with van der Waals surface area (Å²) in [6.07, 6.45) is 9.79. The van der Waals surface area contributed by atoms with Gasteiger partial charge in [0.2, 0.25) is 0 Å². The van der Waals surface area contributed by atoms with Crippen molar-refractivity contribution in [2.75, 3.05) is 19.7 Å². The summed E-state index contributed by atoms with van der Waals surface area (Å²) >= 11 is 0. The molecule has 0 radical (unpaired) electrons. The molecule has 1 saturated carbocycles. The molecule has 3 heterocycles. The summed E-state index contributed by atoms with van der Waals surface area (Å²) in [5.41, 5.74) is 0.0941. The molecule has 2 fully saturated rings. The Morgan fingerprint density at radius 1 is 1.36 bits per heavy atom. The Morgan fingerprint density at radius 3 is 3.05 bits per heavy atom. The van der Waals surface area contributed by atoms with Gasteiger partial charge in [-0.3, -0.25) is 4.90 Å². The zero-order valence-electron chi connectivity index (χ0n) is 12.9. The summed E-state index contributed by atoms with van der Waals surface area (Å²) in [5.74, 6) is 2.32. The van der Waals surface area contributed by atoms with Crippen molar-refractivity contribution in [1.82, 2.24) is 24.5 Å². The normalized spacial score (nSPS) is 26.6. The maximum atomic E-state index is 9.94. The van der Waals surface area contributed by atoms with Crippen molar-refractivity contribution in [3.05, 3.63) is 24.3 Å². The van der Waals surface area contributed by atoms with Gasteiger partial charge >= 0.3 is 0 Å². The van der Waals surface area contributed by atoms with Crippen LogP contribution in [0.15, 0.2) is 18.5 Å². The Morgan fingerprint density at radius 2 is 2.27 bits per heavy atom. The molecule has 4 rings (SSSR count). The Labute approximate surface area is 130 Å². The van der Waals surface area contributed by atoms with Crippen molar-refractivity contribution in [3.63, 3.8) is 0 Å². The highest BCUT2D eigenvalue weighted by atomic mass is 16.3. The minimum Gasteiger partial charge on any atom is -0.396 e. The first kappa shape index (κ1) is 14.1. The van der Waals surface area contributed by atoms with Crippen LogP contribution in [-0.4, -0.2) is 49.3 Å². The average Bonchev–Trinajstić information content (AvgIpc) is 3.24. The zero-order chi connectivity index (χ0) is 15.0. The van der Waals surface area contributed by atoms with E-state index >= 15 is 0 Å². The molecular formula is C16H23N5O. The van der Waals surface area contributed by atoms with E-state index < -0.39 is 0 Å². The van der Waals surface area contributed by atoms with Gasteiger partial charge in [0.25, 0.3) is 5.78 Å². The maximum absolute atomic E-state index is 9.94. The SMILES string of the molecule is OC[C@@]1(CC2CC2)CCCN(Cc2nc3ncccn3n2)C1. The summed E-state index contributed by atoms with van der Waals surface area (Å²) in [5, 5.41) is 14.4. The fourth-order valence-electron chi connectivity index (χ4n) is 3.78. The number of aliphatic hydroxyl groups is 1. The molecule has 0 unspecified atom stereocenters. The molecular weight excluding hydrogens is 278 g/mol. The van der Waals surface area contributed by atoms with Crippen LogP contribution in [0.2, 0.25) is 0 Å². The molecule has 1 aliphatic heterocycles. The lowest BCUT2D eigenvalue weighted by Crippen LogP contribution is -2.45. The minimum atomic E-state index is 0.0941. The van der Waals surface area contributed by atoms with Crippen LogP contribution in [0.25, 0.3) is 5.78 Å². The van der Waals surface area contributed by atoms with Crippen LogP contribution in [0.5, 0.6) is 0 Å². The Bertz CT molecular complexity index is 620. The standard InChI is InChI=1S/C16H23N5O/c22-12-16(9-13-3-4-13)5-1-7-20(11-16)10-14-18-15-17-6-2-8-21(15)19-14/h2,6,8,13,22H,1,3-5,7,9-12H2/t16-/m1/s1. The van der Waals surface area contributed by atoms with Gasteiger partial charge in [-0.15, -0.1) is 5.10 Å². The Kier molecular flexibility index (Phi) is 3.58. The Balaban J connectivity index is 1.47. The summed E-state index contributed by atoms with van der Waals surface area (Å²) in [6, 6.07) is 1.86. The van der Waals surface area contributed by atoms with Gasteiger partial charge in [-0.25, -0.2) is 9.50 Å². The fourth-order valence-corrected chi connectivity index (χ4v) is 3.78. The highest BCUT2D eigenvalue weighted by molar-refractivity contribution is 5.24. The van der Waals surface area contributed by atoms with Crippen LogP contribution in [0.4, 0.5) is 0 Å². The van der Waals surface area contributed by atoms with Gasteiger partial charge in [-0.05, 0) is 37.8 Å². The molecule has 22 heavy (non-hydrogen) atoms. The molecule has 1 N–H and O–H groups in total. The van der Waals surface area contributed by atoms with Gasteiger partial charge in [0.1, 0.15) is 0 Å². The number of aromatic nitrogens is 4. The summed E-state index contributed by atoms with van der Waals surface area (Å²) < 4.78 is 1.72. The number of hydrogen-bond donors (Lipinski definition) is 1. The molecule has 1 aliphatic carbocycles. The van der Waals surface area contributed by atoms with Gasteiger partial charge in [0, 0.05) is 31.0 Å². The van der Waals surface area contributed by atoms with E-state index in [4.69, 9.17) is 0 Å². The lowest BCUT2D eigenvalue weighted by Gasteiger charge is -2.41. The number of piperidine rings is 1. The Hall–Kier alpha value is -1.53. The zero-order valence-corrected chi connectivity index (χ0v) is 12.9. The third-order valence-electron chi connectivity index (χ3n) is 5.02. The van der Waals surface area contributed by atoms with Crippen molar-refractivity contribution in [3.8, 4) is 0 Å². The molecule has 1 atom stereocenters. The molecule has 6 nitrogen and oxygen atoms in total. The van der Waals surface area contributed by atoms with Crippen molar-refractivity contribution in [2.45, 2.75) is 38.6 Å². The number of rotatable bonds is 5. The smallest absolute Gasteiger partial charge is 0.252 e. The number of hydrogen-bond acceptors (Lipinski definition) is 5. The second-order valence-corrected chi connectivity index (χ2v) is 7.01. The van der Waals surface area contributed by atoms with Crippen LogP contribution in [0, 0.1) is 11.3 Å². The van der Waals surface area contributed by atoms with Crippen molar-refractivity contribution in [1.29, 1.82) is 0 Å². The number of nitrogens with zero attached hydrogens (tertiary/aromatic N) is 5. The first-order valence-electron chi connectivity index (χ1n) is 8.26. The van der Waals surface area contributed by atoms with E-state index in [-0.39, 0.29) is 5.41 Å². The lowest BCUT2D eigenvalue weighted by molar-refractivity contribution is 0.0171. The highest BCUT2D eigenvalue weighted by Gasteiger charge is 2.39. The highest BCUT2D eigenvalue weighted by Crippen LogP contribution is 2.44. The first-order valence-corrected chi connectivity index (χ1v) is 8.26. The summed E-state index contributed by atoms with van der Waals surface area (Å²) in [7, 11) is 0. The van der Waals surface area contributed by atoms with Gasteiger partial charge < -0.3 is 5.11 Å². The molecule has 0 aromatic carbocycles. The number of fused-ring (bicyclic) bond motifs is 1. The van der Waals surface area contributed by atoms with Crippen LogP contribution >= 0.6 is 0 Å². The predicted octanol–water partition coefficient (Wildman–Crippen LogP) is 1.50. The van der Waals surface area contributed by atoms with Gasteiger partial charge in [0.05, 0.1) is 6.54 Å². The molecule has 0 spiro atoms. The lowest BCUT2D eigenvalue weighted by atomic mass is 9.76. The van der Waals surface area contributed by atoms with E-state index in [1.165, 1.54) is 19.3 Å². The van der Waals surface area contributed by atoms with Crippen LogP contribution in [-0.2, 0) is 6.54 Å². The van der Waals surface area contributed by atoms with Crippen molar-refractivity contribution in [2.24, 2.45) is 11.3 Å². The van der Waals surface area contributed by atoms with E-state index in [0.717, 1.165) is 44.2 Å². The number of aliphatic hydroxyl groups excluding tert-OH is 1. The predicted molar refractivity (Wildman–Crippen MR) is 82.2 cm³/mol. The van der Waals surface area contributed by atoms with Crippen molar-refractivity contribution < 1.29 is 5.11 Å². The van der Waals surface area contributed by atoms with Gasteiger partial charge in [-0.2, -0.15) is 4.98 Å². The van der Waals surface area contributed by atoms with Gasteiger partial charge in [0.15, 0.2) is 5.82 Å². The quantitative estimate of drug-likeness (QED) is 0.906. The molecule has 2 aromatic rings. The van der Waals surface area contributed by atoms with E-state index in [9.17, 15) is 5.11 Å². The molecule has 118 valence electrons. The molecule has 6 heteroatoms. The number of likely N-dealkylation sites (tertiary alicyclic amines) is 1. The van der Waals surface area contributed by atoms with Gasteiger partial charge in [-0.1, -0.05) is 12.8 Å². The third kappa shape index (κ3) is 2.85. The fraction of sp³-hybridized carbons (Fsp3) is 0.688.